The SMILES string of the molecule is Nn1c(SCC(=O)Nc2ccc3c(c2)CCC3)nnc1-c1cccc(F)c1. The fourth-order valence-electron chi connectivity index (χ4n) is 3.18. The lowest BCUT2D eigenvalue weighted by Crippen LogP contribution is -2.16. The molecular weight excluding hydrogens is 365 g/mol. The number of nitrogens with zero attached hydrogens (tertiary/aromatic N) is 3. The molecule has 1 amide bonds. The third-order valence-electron chi connectivity index (χ3n) is 4.46. The van der Waals surface area contributed by atoms with Crippen molar-refractivity contribution in [2.75, 3.05) is 16.9 Å². The second-order valence-electron chi connectivity index (χ2n) is 6.36. The highest BCUT2D eigenvalue weighted by Gasteiger charge is 2.15. The Bertz CT molecular complexity index is 1000. The minimum atomic E-state index is -0.376. The van der Waals surface area contributed by atoms with Gasteiger partial charge in [0.15, 0.2) is 5.82 Å². The number of aromatic nitrogens is 3. The number of fused-ring (bicyclic) bond motifs is 1. The molecule has 0 atom stereocenters. The first-order valence-corrected chi connectivity index (χ1v) is 9.59. The van der Waals surface area contributed by atoms with Crippen LogP contribution in [0, 0.1) is 5.82 Å². The van der Waals surface area contributed by atoms with Crippen LogP contribution in [0.2, 0.25) is 0 Å². The molecule has 0 bridgehead atoms. The monoisotopic (exact) mass is 383 g/mol. The first kappa shape index (κ1) is 17.5. The minimum Gasteiger partial charge on any atom is -0.335 e. The number of rotatable bonds is 5. The van der Waals surface area contributed by atoms with E-state index in [1.165, 1.54) is 46.1 Å². The number of anilines is 1. The first-order valence-electron chi connectivity index (χ1n) is 8.61. The molecule has 1 aromatic heterocycles. The second-order valence-corrected chi connectivity index (χ2v) is 7.30. The number of nitrogen functional groups attached to an aromatic ring is 1. The number of hydrogen-bond donors (Lipinski definition) is 2. The number of amides is 1. The van der Waals surface area contributed by atoms with Gasteiger partial charge in [-0.25, -0.2) is 9.07 Å². The fraction of sp³-hybridized carbons (Fsp3) is 0.211. The largest absolute Gasteiger partial charge is 0.335 e. The Kier molecular flexibility index (Phi) is 4.81. The summed E-state index contributed by atoms with van der Waals surface area (Å²) in [5.41, 5.74) is 4.00. The number of carbonyl (C=O) groups excluding carboxylic acids is 1. The number of hydrogen-bond acceptors (Lipinski definition) is 5. The van der Waals surface area contributed by atoms with Crippen molar-refractivity contribution in [3.05, 3.63) is 59.4 Å². The fourth-order valence-corrected chi connectivity index (χ4v) is 3.83. The van der Waals surface area contributed by atoms with Gasteiger partial charge in [-0.1, -0.05) is 30.0 Å². The second kappa shape index (κ2) is 7.40. The van der Waals surface area contributed by atoms with E-state index in [0.29, 0.717) is 16.5 Å². The number of halogens is 1. The zero-order valence-corrected chi connectivity index (χ0v) is 15.3. The van der Waals surface area contributed by atoms with Gasteiger partial charge in [-0.05, 0) is 54.7 Å². The standard InChI is InChI=1S/C19H18FN5OS/c20-15-6-2-5-14(9-15)18-23-24-19(25(18)21)27-11-17(26)22-16-8-7-12-3-1-4-13(12)10-16/h2,5-10H,1,3-4,11,21H2,(H,22,26). The summed E-state index contributed by atoms with van der Waals surface area (Å²) in [6.45, 7) is 0. The van der Waals surface area contributed by atoms with E-state index in [2.05, 4.69) is 21.6 Å². The first-order chi connectivity index (χ1) is 13.1. The van der Waals surface area contributed by atoms with Gasteiger partial charge in [0.2, 0.25) is 11.1 Å². The normalized spacial score (nSPS) is 12.8. The molecule has 8 heteroatoms. The van der Waals surface area contributed by atoms with Crippen LogP contribution in [-0.4, -0.2) is 26.5 Å². The molecule has 3 N–H and O–H groups in total. The Morgan fingerprint density at radius 2 is 2.04 bits per heavy atom. The van der Waals surface area contributed by atoms with Crippen LogP contribution in [-0.2, 0) is 17.6 Å². The molecular formula is C19H18FN5OS. The van der Waals surface area contributed by atoms with Gasteiger partial charge in [0.25, 0.3) is 0 Å². The molecule has 4 rings (SSSR count). The van der Waals surface area contributed by atoms with Crippen molar-refractivity contribution >= 4 is 23.4 Å². The average molecular weight is 383 g/mol. The number of benzene rings is 2. The third kappa shape index (κ3) is 3.80. The molecule has 0 unspecified atom stereocenters. The maximum atomic E-state index is 13.4. The van der Waals surface area contributed by atoms with Crippen LogP contribution in [0.25, 0.3) is 11.4 Å². The lowest BCUT2D eigenvalue weighted by atomic mass is 10.1. The number of nitrogens with two attached hydrogens (primary N) is 1. The molecule has 2 aromatic carbocycles. The van der Waals surface area contributed by atoms with Gasteiger partial charge in [-0.2, -0.15) is 0 Å². The molecule has 0 fully saturated rings. The lowest BCUT2D eigenvalue weighted by molar-refractivity contribution is -0.113. The molecule has 27 heavy (non-hydrogen) atoms. The molecule has 6 nitrogen and oxygen atoms in total. The number of thioether (sulfide) groups is 1. The van der Waals surface area contributed by atoms with Gasteiger partial charge < -0.3 is 11.2 Å². The highest BCUT2D eigenvalue weighted by molar-refractivity contribution is 7.99. The predicted molar refractivity (Wildman–Crippen MR) is 103 cm³/mol. The summed E-state index contributed by atoms with van der Waals surface area (Å²) in [7, 11) is 0. The molecule has 3 aromatic rings. The van der Waals surface area contributed by atoms with Gasteiger partial charge in [-0.15, -0.1) is 10.2 Å². The molecule has 138 valence electrons. The topological polar surface area (TPSA) is 85.8 Å². The van der Waals surface area contributed by atoms with Gasteiger partial charge >= 0.3 is 0 Å². The van der Waals surface area contributed by atoms with E-state index in [4.69, 9.17) is 5.84 Å². The van der Waals surface area contributed by atoms with Crippen molar-refractivity contribution in [3.8, 4) is 11.4 Å². The van der Waals surface area contributed by atoms with E-state index >= 15 is 0 Å². The summed E-state index contributed by atoms with van der Waals surface area (Å²) < 4.78 is 14.6. The number of nitrogens with one attached hydrogen (secondary N) is 1. The molecule has 1 aliphatic carbocycles. The van der Waals surface area contributed by atoms with Crippen LogP contribution in [0.3, 0.4) is 0 Å². The van der Waals surface area contributed by atoms with Crippen molar-refractivity contribution in [2.24, 2.45) is 0 Å². The van der Waals surface area contributed by atoms with Crippen molar-refractivity contribution < 1.29 is 9.18 Å². The predicted octanol–water partition coefficient (Wildman–Crippen LogP) is 3.02. The van der Waals surface area contributed by atoms with E-state index in [0.717, 1.165) is 18.5 Å². The van der Waals surface area contributed by atoms with Crippen LogP contribution in [0.4, 0.5) is 10.1 Å². The smallest absolute Gasteiger partial charge is 0.234 e. The van der Waals surface area contributed by atoms with E-state index in [1.54, 1.807) is 12.1 Å². The average Bonchev–Trinajstić information content (AvgIpc) is 3.26. The van der Waals surface area contributed by atoms with E-state index < -0.39 is 0 Å². The van der Waals surface area contributed by atoms with Crippen molar-refractivity contribution in [2.45, 2.75) is 24.4 Å². The van der Waals surface area contributed by atoms with E-state index in [-0.39, 0.29) is 17.5 Å². The quantitative estimate of drug-likeness (QED) is 0.522. The molecule has 0 saturated carbocycles. The third-order valence-corrected chi connectivity index (χ3v) is 5.41. The van der Waals surface area contributed by atoms with Gasteiger partial charge in [0.05, 0.1) is 5.75 Å². The maximum Gasteiger partial charge on any atom is 0.234 e. The summed E-state index contributed by atoms with van der Waals surface area (Å²) >= 11 is 1.18. The minimum absolute atomic E-state index is 0.145. The molecule has 0 spiro atoms. The Hall–Kier alpha value is -2.87. The van der Waals surface area contributed by atoms with Crippen molar-refractivity contribution in [1.82, 2.24) is 14.9 Å². The van der Waals surface area contributed by atoms with Gasteiger partial charge in [0.1, 0.15) is 5.82 Å². The zero-order valence-electron chi connectivity index (χ0n) is 14.5. The van der Waals surface area contributed by atoms with Gasteiger partial charge in [0, 0.05) is 11.3 Å². The summed E-state index contributed by atoms with van der Waals surface area (Å²) in [5, 5.41) is 11.3. The van der Waals surface area contributed by atoms with Crippen LogP contribution in [0.5, 0.6) is 0 Å². The Balaban J connectivity index is 1.39. The Labute approximate surface area is 160 Å². The highest BCUT2D eigenvalue weighted by Crippen LogP contribution is 2.25. The summed E-state index contributed by atoms with van der Waals surface area (Å²) in [5.74, 6) is 5.97. The van der Waals surface area contributed by atoms with Crippen molar-refractivity contribution in [1.29, 1.82) is 0 Å². The Morgan fingerprint density at radius 1 is 1.19 bits per heavy atom. The Morgan fingerprint density at radius 3 is 2.89 bits per heavy atom. The van der Waals surface area contributed by atoms with Crippen LogP contribution in [0.1, 0.15) is 17.5 Å². The molecule has 1 aliphatic rings. The van der Waals surface area contributed by atoms with Gasteiger partial charge in [-0.3, -0.25) is 4.79 Å². The van der Waals surface area contributed by atoms with Crippen LogP contribution < -0.4 is 11.2 Å². The van der Waals surface area contributed by atoms with Crippen LogP contribution in [0.15, 0.2) is 47.6 Å². The lowest BCUT2D eigenvalue weighted by Gasteiger charge is -2.07. The number of carbonyl (C=O) groups is 1. The number of aryl methyl sites for hydroxylation is 2. The zero-order chi connectivity index (χ0) is 18.8. The summed E-state index contributed by atoms with van der Waals surface area (Å²) in [6, 6.07) is 12.0. The van der Waals surface area contributed by atoms with Crippen LogP contribution >= 0.6 is 11.8 Å². The molecule has 1 heterocycles. The maximum absolute atomic E-state index is 13.4. The van der Waals surface area contributed by atoms with E-state index in [9.17, 15) is 9.18 Å². The summed E-state index contributed by atoms with van der Waals surface area (Å²) in [6.07, 6.45) is 3.34. The molecule has 0 saturated heterocycles. The van der Waals surface area contributed by atoms with E-state index in [1.807, 2.05) is 12.1 Å². The summed E-state index contributed by atoms with van der Waals surface area (Å²) in [4.78, 5) is 12.2. The molecule has 0 radical (unpaired) electrons. The molecule has 0 aliphatic heterocycles. The highest BCUT2D eigenvalue weighted by atomic mass is 32.2. The van der Waals surface area contributed by atoms with Crippen molar-refractivity contribution in [3.63, 3.8) is 0 Å².